The molecule has 0 N–H and O–H groups in total. The number of nitrogens with zero attached hydrogens (tertiary/aromatic N) is 1. The lowest BCUT2D eigenvalue weighted by atomic mass is 10.3. The van der Waals surface area contributed by atoms with Crippen molar-refractivity contribution in [1.29, 1.82) is 0 Å². The van der Waals surface area contributed by atoms with Crippen molar-refractivity contribution in [2.24, 2.45) is 4.99 Å². The fourth-order valence-corrected chi connectivity index (χ4v) is 2.26. The van der Waals surface area contributed by atoms with Gasteiger partial charge in [0, 0.05) is 10.6 Å². The minimum atomic E-state index is 0.453. The lowest BCUT2D eigenvalue weighted by Crippen LogP contribution is -2.10. The Morgan fingerprint density at radius 2 is 1.42 bits per heavy atom. The number of hydrogen-bond donors (Lipinski definition) is 0. The van der Waals surface area contributed by atoms with Crippen molar-refractivity contribution in [3.63, 3.8) is 0 Å². The van der Waals surface area contributed by atoms with Crippen molar-refractivity contribution < 1.29 is 9.47 Å². The molecule has 0 saturated carbocycles. The molecule has 0 spiro atoms. The Morgan fingerprint density at radius 1 is 0.808 bits per heavy atom. The largest absolute Gasteiger partial charge is 0.465 e. The predicted molar refractivity (Wildman–Crippen MR) is 106 cm³/mol. The second-order valence-electron chi connectivity index (χ2n) is 5.54. The molecule has 4 heteroatoms. The van der Waals surface area contributed by atoms with Gasteiger partial charge in [0.05, 0.1) is 11.9 Å². The monoisotopic (exact) mass is 363 g/mol. The van der Waals surface area contributed by atoms with Crippen molar-refractivity contribution >= 4 is 23.2 Å². The Bertz CT molecular complexity index is 888. The molecule has 0 aliphatic carbocycles. The molecule has 0 amide bonds. The number of benzene rings is 3. The van der Waals surface area contributed by atoms with Crippen LogP contribution in [0.5, 0.6) is 11.5 Å². The number of aliphatic imine (C=N–C) groups is 1. The molecule has 0 unspecified atom stereocenters. The van der Waals surface area contributed by atoms with Crippen LogP contribution in [0.25, 0.3) is 0 Å². The van der Waals surface area contributed by atoms with Gasteiger partial charge in [-0.2, -0.15) is 0 Å². The lowest BCUT2D eigenvalue weighted by molar-refractivity contribution is 0.473. The topological polar surface area (TPSA) is 30.8 Å². The smallest absolute Gasteiger partial charge is 0.225 e. The van der Waals surface area contributed by atoms with E-state index in [1.807, 2.05) is 67.6 Å². The van der Waals surface area contributed by atoms with Gasteiger partial charge < -0.3 is 9.47 Å². The van der Waals surface area contributed by atoms with Crippen molar-refractivity contribution in [2.75, 3.05) is 0 Å². The average Bonchev–Trinajstić information content (AvgIpc) is 2.69. The van der Waals surface area contributed by atoms with E-state index in [1.165, 1.54) is 0 Å². The summed E-state index contributed by atoms with van der Waals surface area (Å²) in [5, 5.41) is 0.651. The summed E-state index contributed by atoms with van der Waals surface area (Å²) in [5.74, 6) is 1.85. The third-order valence-electron chi connectivity index (χ3n) is 3.47. The molecule has 3 rings (SSSR count). The van der Waals surface area contributed by atoms with Gasteiger partial charge in [-0.25, -0.2) is 4.99 Å². The van der Waals surface area contributed by atoms with Crippen molar-refractivity contribution in [3.8, 4) is 11.5 Å². The predicted octanol–water partition coefficient (Wildman–Crippen LogP) is 6.43. The Labute approximate surface area is 158 Å². The zero-order valence-corrected chi connectivity index (χ0v) is 15.1. The van der Waals surface area contributed by atoms with E-state index in [0.717, 1.165) is 17.0 Å². The summed E-state index contributed by atoms with van der Waals surface area (Å²) in [6.07, 6.45) is 1.63. The Hall–Kier alpha value is -3.04. The van der Waals surface area contributed by atoms with E-state index < -0.39 is 0 Å². The Morgan fingerprint density at radius 3 is 2.08 bits per heavy atom. The zero-order chi connectivity index (χ0) is 18.2. The molecule has 0 heterocycles. The van der Waals surface area contributed by atoms with E-state index in [2.05, 4.69) is 4.99 Å². The molecule has 3 nitrogen and oxygen atoms in total. The summed E-state index contributed by atoms with van der Waals surface area (Å²) in [7, 11) is 0. The van der Waals surface area contributed by atoms with Gasteiger partial charge >= 0.3 is 0 Å². The van der Waals surface area contributed by atoms with Crippen LogP contribution in [0.1, 0.15) is 6.92 Å². The summed E-state index contributed by atoms with van der Waals surface area (Å²) in [5.41, 5.74) is 1.55. The molecule has 0 aromatic heterocycles. The van der Waals surface area contributed by atoms with Gasteiger partial charge in [-0.1, -0.05) is 48.0 Å². The van der Waals surface area contributed by atoms with Gasteiger partial charge in [0.15, 0.2) is 0 Å². The molecular formula is C22H18ClNO2. The maximum absolute atomic E-state index is 5.97. The van der Waals surface area contributed by atoms with Crippen LogP contribution < -0.4 is 9.47 Å². The van der Waals surface area contributed by atoms with Gasteiger partial charge in [-0.15, -0.1) is 0 Å². The fourth-order valence-electron chi connectivity index (χ4n) is 2.13. The third kappa shape index (κ3) is 5.23. The zero-order valence-electron chi connectivity index (χ0n) is 14.3. The first-order valence-corrected chi connectivity index (χ1v) is 8.54. The standard InChI is InChI=1S/C22H18ClNO2/c1-17(16-25-20-10-6-3-7-11-20)22(24-19-8-4-2-5-9-19)26-21-14-12-18(23)13-15-21/h2-16H,1H3/b17-16+,24-22?. The van der Waals surface area contributed by atoms with Crippen LogP contribution in [0.2, 0.25) is 5.02 Å². The minimum absolute atomic E-state index is 0.453. The van der Waals surface area contributed by atoms with Gasteiger partial charge in [-0.05, 0) is 55.5 Å². The van der Waals surface area contributed by atoms with Crippen LogP contribution in [0.3, 0.4) is 0 Å². The van der Waals surface area contributed by atoms with Gasteiger partial charge in [0.2, 0.25) is 5.90 Å². The lowest BCUT2D eigenvalue weighted by Gasteiger charge is -2.10. The van der Waals surface area contributed by atoms with E-state index in [1.54, 1.807) is 30.5 Å². The van der Waals surface area contributed by atoms with E-state index in [-0.39, 0.29) is 0 Å². The summed E-state index contributed by atoms with van der Waals surface area (Å²) in [4.78, 5) is 4.60. The number of rotatable bonds is 5. The molecule has 3 aromatic rings. The van der Waals surface area contributed by atoms with Crippen molar-refractivity contribution in [2.45, 2.75) is 6.92 Å². The molecule has 26 heavy (non-hydrogen) atoms. The summed E-state index contributed by atoms with van der Waals surface area (Å²) in [6.45, 7) is 1.89. The SMILES string of the molecule is C/C(=C\Oc1ccccc1)C(=Nc1ccccc1)Oc1ccc(Cl)cc1. The van der Waals surface area contributed by atoms with Crippen LogP contribution in [-0.2, 0) is 0 Å². The Balaban J connectivity index is 1.86. The molecule has 0 fully saturated rings. The molecule has 0 bridgehead atoms. The van der Waals surface area contributed by atoms with Crippen molar-refractivity contribution in [3.05, 3.63) is 102 Å². The highest BCUT2D eigenvalue weighted by atomic mass is 35.5. The van der Waals surface area contributed by atoms with Crippen LogP contribution in [0.4, 0.5) is 5.69 Å². The first-order chi connectivity index (χ1) is 12.7. The van der Waals surface area contributed by atoms with Gasteiger partial charge in [0.1, 0.15) is 11.5 Å². The maximum Gasteiger partial charge on any atom is 0.225 e. The molecule has 0 saturated heterocycles. The average molecular weight is 364 g/mol. The first kappa shape index (κ1) is 17.8. The second-order valence-corrected chi connectivity index (χ2v) is 5.98. The molecular weight excluding hydrogens is 346 g/mol. The summed E-state index contributed by atoms with van der Waals surface area (Å²) in [6, 6.07) is 26.3. The number of para-hydroxylation sites is 2. The number of hydrogen-bond acceptors (Lipinski definition) is 3. The Kier molecular flexibility index (Phi) is 6.07. The third-order valence-corrected chi connectivity index (χ3v) is 3.72. The van der Waals surface area contributed by atoms with Crippen molar-refractivity contribution in [1.82, 2.24) is 0 Å². The van der Waals surface area contributed by atoms with Crippen LogP contribution in [-0.4, -0.2) is 5.90 Å². The summed E-state index contributed by atoms with van der Waals surface area (Å²) < 4.78 is 11.7. The van der Waals surface area contributed by atoms with E-state index in [4.69, 9.17) is 21.1 Å². The normalized spacial score (nSPS) is 11.9. The van der Waals surface area contributed by atoms with Gasteiger partial charge in [0.25, 0.3) is 0 Å². The molecule has 0 atom stereocenters. The second kappa shape index (κ2) is 8.88. The van der Waals surface area contributed by atoms with Crippen LogP contribution >= 0.6 is 11.6 Å². The van der Waals surface area contributed by atoms with E-state index in [9.17, 15) is 0 Å². The minimum Gasteiger partial charge on any atom is -0.465 e. The fraction of sp³-hybridized carbons (Fsp3) is 0.0455. The molecule has 3 aromatic carbocycles. The highest BCUT2D eigenvalue weighted by Gasteiger charge is 2.08. The summed E-state index contributed by atoms with van der Waals surface area (Å²) >= 11 is 5.94. The highest BCUT2D eigenvalue weighted by molar-refractivity contribution is 6.30. The molecule has 0 radical (unpaired) electrons. The molecule has 130 valence electrons. The maximum atomic E-state index is 5.97. The van der Waals surface area contributed by atoms with Gasteiger partial charge in [-0.3, -0.25) is 0 Å². The first-order valence-electron chi connectivity index (χ1n) is 8.17. The van der Waals surface area contributed by atoms with Crippen LogP contribution in [0, 0.1) is 0 Å². The molecule has 0 aliphatic heterocycles. The number of ether oxygens (including phenoxy) is 2. The van der Waals surface area contributed by atoms with E-state index >= 15 is 0 Å². The molecule has 0 aliphatic rings. The quantitative estimate of drug-likeness (QED) is 0.297. The number of halogens is 1. The highest BCUT2D eigenvalue weighted by Crippen LogP contribution is 2.20. The van der Waals surface area contributed by atoms with Crippen LogP contribution in [0.15, 0.2) is 102 Å². The van der Waals surface area contributed by atoms with E-state index in [0.29, 0.717) is 16.7 Å².